The van der Waals surface area contributed by atoms with Gasteiger partial charge in [-0.15, -0.1) is 24.0 Å². The number of rotatable bonds is 11. The van der Waals surface area contributed by atoms with E-state index in [-0.39, 0.29) is 29.4 Å². The van der Waals surface area contributed by atoms with E-state index < -0.39 is 0 Å². The Morgan fingerprint density at radius 2 is 1.90 bits per heavy atom. The first-order chi connectivity index (χ1) is 13.7. The minimum atomic E-state index is 0. The minimum Gasteiger partial charge on any atom is -0.385 e. The summed E-state index contributed by atoms with van der Waals surface area (Å²) >= 11 is 0. The molecule has 0 saturated carbocycles. The van der Waals surface area contributed by atoms with Crippen molar-refractivity contribution >= 4 is 29.9 Å². The third-order valence-corrected chi connectivity index (χ3v) is 5.39. The van der Waals surface area contributed by atoms with E-state index in [1.807, 2.05) is 0 Å². The summed E-state index contributed by atoms with van der Waals surface area (Å²) in [4.78, 5) is 7.28. The Morgan fingerprint density at radius 1 is 1.17 bits per heavy atom. The second-order valence-corrected chi connectivity index (χ2v) is 7.53. The Labute approximate surface area is 193 Å². The van der Waals surface area contributed by atoms with Gasteiger partial charge in [-0.1, -0.05) is 30.3 Å². The molecule has 1 heterocycles. The van der Waals surface area contributed by atoms with Gasteiger partial charge >= 0.3 is 0 Å². The van der Waals surface area contributed by atoms with E-state index in [4.69, 9.17) is 14.5 Å². The highest BCUT2D eigenvalue weighted by molar-refractivity contribution is 14.0. The van der Waals surface area contributed by atoms with Crippen LogP contribution in [0.3, 0.4) is 0 Å². The molecule has 2 rings (SSSR count). The molecule has 0 aliphatic carbocycles. The van der Waals surface area contributed by atoms with E-state index >= 15 is 0 Å². The molecule has 0 spiro atoms. The average molecular weight is 518 g/mol. The van der Waals surface area contributed by atoms with Gasteiger partial charge in [-0.3, -0.25) is 4.99 Å². The molecule has 2 N–H and O–H groups in total. The Bertz CT molecular complexity index is 565. The average Bonchev–Trinajstić information content (AvgIpc) is 2.73. The maximum absolute atomic E-state index is 5.64. The smallest absolute Gasteiger partial charge is 0.191 e. The molecular weight excluding hydrogens is 479 g/mol. The van der Waals surface area contributed by atoms with Crippen molar-refractivity contribution in [2.45, 2.75) is 31.6 Å². The number of halogens is 1. The summed E-state index contributed by atoms with van der Waals surface area (Å²) in [5.41, 5.74) is 1.44. The number of nitrogens with zero attached hydrogens (tertiary/aromatic N) is 2. The highest BCUT2D eigenvalue weighted by Gasteiger charge is 2.34. The molecule has 1 aromatic rings. The van der Waals surface area contributed by atoms with Gasteiger partial charge in [-0.25, -0.2) is 0 Å². The Morgan fingerprint density at radius 3 is 2.55 bits per heavy atom. The van der Waals surface area contributed by atoms with Gasteiger partial charge in [0.2, 0.25) is 0 Å². The van der Waals surface area contributed by atoms with Crippen LogP contribution in [0.2, 0.25) is 0 Å². The van der Waals surface area contributed by atoms with Crippen LogP contribution < -0.4 is 10.6 Å². The molecule has 0 unspecified atom stereocenters. The second kappa shape index (κ2) is 15.0. The molecule has 1 fully saturated rings. The number of aliphatic imine (C=N–C) groups is 1. The van der Waals surface area contributed by atoms with Gasteiger partial charge in [0, 0.05) is 58.5 Å². The normalized spacial score (nSPS) is 16.3. The monoisotopic (exact) mass is 518 g/mol. The van der Waals surface area contributed by atoms with Gasteiger partial charge < -0.3 is 25.0 Å². The fourth-order valence-corrected chi connectivity index (χ4v) is 3.62. The van der Waals surface area contributed by atoms with Crippen molar-refractivity contribution in [2.75, 3.05) is 66.7 Å². The van der Waals surface area contributed by atoms with Crippen LogP contribution in [0, 0.1) is 0 Å². The number of benzene rings is 1. The quantitative estimate of drug-likeness (QED) is 0.204. The predicted octanol–water partition coefficient (Wildman–Crippen LogP) is 2.88. The molecule has 0 atom stereocenters. The number of methoxy groups -OCH3 is 1. The van der Waals surface area contributed by atoms with Crippen molar-refractivity contribution in [3.63, 3.8) is 0 Å². The second-order valence-electron chi connectivity index (χ2n) is 7.53. The number of likely N-dealkylation sites (N-methyl/N-ethyl adjacent to an activating group) is 1. The summed E-state index contributed by atoms with van der Waals surface area (Å²) in [5.74, 6) is 0.898. The molecule has 166 valence electrons. The van der Waals surface area contributed by atoms with Crippen LogP contribution in [0.4, 0.5) is 0 Å². The van der Waals surface area contributed by atoms with Crippen LogP contribution in [0.15, 0.2) is 35.3 Å². The molecule has 0 radical (unpaired) electrons. The molecule has 1 aliphatic rings. The molecule has 29 heavy (non-hydrogen) atoms. The van der Waals surface area contributed by atoms with Crippen molar-refractivity contribution in [3.05, 3.63) is 35.9 Å². The molecule has 0 aromatic heterocycles. The van der Waals surface area contributed by atoms with Crippen LogP contribution in [0.5, 0.6) is 0 Å². The lowest BCUT2D eigenvalue weighted by Crippen LogP contribution is -2.43. The van der Waals surface area contributed by atoms with Gasteiger partial charge in [0.25, 0.3) is 0 Å². The number of ether oxygens (including phenoxy) is 2. The highest BCUT2D eigenvalue weighted by atomic mass is 127. The van der Waals surface area contributed by atoms with Crippen LogP contribution in [-0.2, 0) is 14.9 Å². The van der Waals surface area contributed by atoms with Gasteiger partial charge in [-0.2, -0.15) is 0 Å². The maximum atomic E-state index is 5.64. The molecular formula is C22H39IN4O2. The fourth-order valence-electron chi connectivity index (χ4n) is 3.62. The summed E-state index contributed by atoms with van der Waals surface area (Å²) < 4.78 is 10.8. The van der Waals surface area contributed by atoms with Gasteiger partial charge in [0.15, 0.2) is 5.96 Å². The Kier molecular flexibility index (Phi) is 13.5. The summed E-state index contributed by atoms with van der Waals surface area (Å²) in [6.07, 6.45) is 3.09. The SMILES string of the molecule is CCNC(=NCC1(c2ccccc2)CCOCC1)NCCN(C)CCCOC.I. The lowest BCUT2D eigenvalue weighted by Gasteiger charge is -2.36. The number of nitrogens with one attached hydrogen (secondary N) is 2. The Hall–Kier alpha value is -0.900. The number of hydrogen-bond acceptors (Lipinski definition) is 4. The van der Waals surface area contributed by atoms with Gasteiger partial charge in [-0.05, 0) is 38.8 Å². The largest absolute Gasteiger partial charge is 0.385 e. The third-order valence-electron chi connectivity index (χ3n) is 5.39. The first kappa shape index (κ1) is 26.1. The fraction of sp³-hybridized carbons (Fsp3) is 0.682. The van der Waals surface area contributed by atoms with Crippen molar-refractivity contribution in [2.24, 2.45) is 4.99 Å². The van der Waals surface area contributed by atoms with Gasteiger partial charge in [0.05, 0.1) is 6.54 Å². The van der Waals surface area contributed by atoms with Crippen molar-refractivity contribution in [3.8, 4) is 0 Å². The van der Waals surface area contributed by atoms with E-state index in [1.165, 1.54) is 5.56 Å². The Balaban J connectivity index is 0.00000420. The lowest BCUT2D eigenvalue weighted by molar-refractivity contribution is 0.0531. The molecule has 1 aromatic carbocycles. The molecule has 6 nitrogen and oxygen atoms in total. The molecule has 1 saturated heterocycles. The molecule has 7 heteroatoms. The predicted molar refractivity (Wildman–Crippen MR) is 132 cm³/mol. The molecule has 0 amide bonds. The summed E-state index contributed by atoms with van der Waals surface area (Å²) in [5, 5.41) is 6.87. The van der Waals surface area contributed by atoms with Crippen molar-refractivity contribution in [1.82, 2.24) is 15.5 Å². The van der Waals surface area contributed by atoms with E-state index in [2.05, 4.69) is 59.8 Å². The van der Waals surface area contributed by atoms with Gasteiger partial charge in [0.1, 0.15) is 0 Å². The minimum absolute atomic E-state index is 0. The third kappa shape index (κ3) is 9.19. The van der Waals surface area contributed by atoms with E-state index in [9.17, 15) is 0 Å². The van der Waals surface area contributed by atoms with Crippen LogP contribution >= 0.6 is 24.0 Å². The molecule has 0 bridgehead atoms. The first-order valence-corrected chi connectivity index (χ1v) is 10.5. The first-order valence-electron chi connectivity index (χ1n) is 10.5. The summed E-state index contributed by atoms with van der Waals surface area (Å²) in [6, 6.07) is 10.8. The van der Waals surface area contributed by atoms with E-state index in [0.717, 1.165) is 77.8 Å². The zero-order valence-corrected chi connectivity index (χ0v) is 20.6. The number of hydrogen-bond donors (Lipinski definition) is 2. The maximum Gasteiger partial charge on any atom is 0.191 e. The van der Waals surface area contributed by atoms with Crippen LogP contribution in [-0.4, -0.2) is 77.6 Å². The standard InChI is InChI=1S/C22H38N4O2.HI/c1-4-23-21(24-13-15-26(2)14-8-16-27-3)25-19-22(11-17-28-18-12-22)20-9-6-5-7-10-20;/h5-7,9-10H,4,8,11-19H2,1-3H3,(H2,23,24,25);1H. The lowest BCUT2D eigenvalue weighted by atomic mass is 9.74. The van der Waals surface area contributed by atoms with E-state index in [1.54, 1.807) is 7.11 Å². The number of guanidine groups is 1. The topological polar surface area (TPSA) is 58.1 Å². The zero-order valence-electron chi connectivity index (χ0n) is 18.3. The summed E-state index contributed by atoms with van der Waals surface area (Å²) in [6.45, 7) is 9.06. The van der Waals surface area contributed by atoms with Crippen LogP contribution in [0.25, 0.3) is 0 Å². The molecule has 1 aliphatic heterocycles. The van der Waals surface area contributed by atoms with Crippen molar-refractivity contribution < 1.29 is 9.47 Å². The summed E-state index contributed by atoms with van der Waals surface area (Å²) in [7, 11) is 3.90. The van der Waals surface area contributed by atoms with Crippen molar-refractivity contribution in [1.29, 1.82) is 0 Å². The van der Waals surface area contributed by atoms with E-state index in [0.29, 0.717) is 0 Å². The van der Waals surface area contributed by atoms with Crippen LogP contribution in [0.1, 0.15) is 31.7 Å². The highest BCUT2D eigenvalue weighted by Crippen LogP contribution is 2.35. The zero-order chi connectivity index (χ0) is 20.1.